The zero-order valence-corrected chi connectivity index (χ0v) is 10.8. The van der Waals surface area contributed by atoms with Crippen molar-refractivity contribution in [3.63, 3.8) is 0 Å². The van der Waals surface area contributed by atoms with E-state index in [4.69, 9.17) is 5.73 Å². The molecule has 1 unspecified atom stereocenters. The number of carbonyl (C=O) groups is 1. The molecule has 1 fully saturated rings. The maximum Gasteiger partial charge on any atom is 0.244 e. The van der Waals surface area contributed by atoms with Crippen molar-refractivity contribution in [1.29, 1.82) is 0 Å². The van der Waals surface area contributed by atoms with Crippen LogP contribution in [0.15, 0.2) is 12.4 Å². The molecule has 6 heteroatoms. The lowest BCUT2D eigenvalue weighted by molar-refractivity contribution is -0.129. The van der Waals surface area contributed by atoms with Gasteiger partial charge in [-0.05, 0) is 12.8 Å². The van der Waals surface area contributed by atoms with Gasteiger partial charge >= 0.3 is 0 Å². The lowest BCUT2D eigenvalue weighted by Crippen LogP contribution is -2.43. The monoisotopic (exact) mass is 249 g/mol. The summed E-state index contributed by atoms with van der Waals surface area (Å²) >= 11 is 0. The molecule has 1 aliphatic rings. The average molecular weight is 249 g/mol. The van der Waals surface area contributed by atoms with E-state index in [1.54, 1.807) is 31.4 Å². The highest BCUT2D eigenvalue weighted by atomic mass is 16.2. The molecule has 1 aromatic rings. The predicted molar refractivity (Wildman–Crippen MR) is 69.0 cm³/mol. The first-order chi connectivity index (χ1) is 8.65. The van der Waals surface area contributed by atoms with E-state index >= 15 is 0 Å². The third-order valence-corrected chi connectivity index (χ3v) is 3.20. The Morgan fingerprint density at radius 1 is 1.50 bits per heavy atom. The van der Waals surface area contributed by atoms with Crippen molar-refractivity contribution in [2.45, 2.75) is 25.4 Å². The number of nitrogens with zero attached hydrogens (tertiary/aromatic N) is 4. The fourth-order valence-electron chi connectivity index (χ4n) is 2.32. The average Bonchev–Trinajstić information content (AvgIpc) is 2.86. The smallest absolute Gasteiger partial charge is 0.244 e. The maximum atomic E-state index is 12.1. The molecule has 1 saturated heterocycles. The standard InChI is InChI=1S/C12H19N5O/c1-16(2)12(18)10-4-3-7-17(10)11-9(8-13)14-5-6-15-11/h5-6,10H,3-4,7-8,13H2,1-2H3. The van der Waals surface area contributed by atoms with Gasteiger partial charge in [0, 0.05) is 39.6 Å². The first kappa shape index (κ1) is 12.8. The molecule has 1 amide bonds. The first-order valence-corrected chi connectivity index (χ1v) is 6.13. The van der Waals surface area contributed by atoms with Crippen LogP contribution in [0.5, 0.6) is 0 Å². The van der Waals surface area contributed by atoms with Gasteiger partial charge in [-0.3, -0.25) is 9.78 Å². The summed E-state index contributed by atoms with van der Waals surface area (Å²) in [6.45, 7) is 1.17. The van der Waals surface area contributed by atoms with Crippen molar-refractivity contribution >= 4 is 11.7 Å². The van der Waals surface area contributed by atoms with E-state index in [0.29, 0.717) is 6.54 Å². The highest BCUT2D eigenvalue weighted by Gasteiger charge is 2.33. The number of aromatic nitrogens is 2. The molecular formula is C12H19N5O. The number of amides is 1. The number of rotatable bonds is 3. The Morgan fingerprint density at radius 2 is 2.22 bits per heavy atom. The van der Waals surface area contributed by atoms with Gasteiger partial charge in [-0.25, -0.2) is 4.98 Å². The molecule has 1 atom stereocenters. The molecule has 0 aliphatic carbocycles. The zero-order chi connectivity index (χ0) is 13.1. The lowest BCUT2D eigenvalue weighted by atomic mass is 10.2. The molecule has 0 radical (unpaired) electrons. The number of hydrogen-bond donors (Lipinski definition) is 1. The van der Waals surface area contributed by atoms with Crippen molar-refractivity contribution in [1.82, 2.24) is 14.9 Å². The predicted octanol–water partition coefficient (Wildman–Crippen LogP) is -0.00770. The summed E-state index contributed by atoms with van der Waals surface area (Å²) in [5.41, 5.74) is 6.42. The molecule has 1 aliphatic heterocycles. The minimum absolute atomic E-state index is 0.112. The fraction of sp³-hybridized carbons (Fsp3) is 0.583. The van der Waals surface area contributed by atoms with Crippen LogP contribution in [0.2, 0.25) is 0 Å². The quantitative estimate of drug-likeness (QED) is 0.815. The summed E-state index contributed by atoms with van der Waals surface area (Å²) in [7, 11) is 3.55. The van der Waals surface area contributed by atoms with Crippen LogP contribution in [-0.2, 0) is 11.3 Å². The molecule has 6 nitrogen and oxygen atoms in total. The van der Waals surface area contributed by atoms with Crippen molar-refractivity contribution in [3.8, 4) is 0 Å². The van der Waals surface area contributed by atoms with Gasteiger partial charge in [0.1, 0.15) is 6.04 Å². The topological polar surface area (TPSA) is 75.4 Å². The molecule has 0 aromatic carbocycles. The van der Waals surface area contributed by atoms with Crippen LogP contribution >= 0.6 is 0 Å². The second kappa shape index (κ2) is 5.30. The number of anilines is 1. The number of likely N-dealkylation sites (N-methyl/N-ethyl adjacent to an activating group) is 1. The highest BCUT2D eigenvalue weighted by Crippen LogP contribution is 2.26. The zero-order valence-electron chi connectivity index (χ0n) is 10.8. The van der Waals surface area contributed by atoms with Gasteiger partial charge in [-0.1, -0.05) is 0 Å². The van der Waals surface area contributed by atoms with Gasteiger partial charge < -0.3 is 15.5 Å². The second-order valence-electron chi connectivity index (χ2n) is 4.61. The van der Waals surface area contributed by atoms with Gasteiger partial charge in [0.15, 0.2) is 5.82 Å². The molecule has 0 bridgehead atoms. The van der Waals surface area contributed by atoms with E-state index < -0.39 is 0 Å². The highest BCUT2D eigenvalue weighted by molar-refractivity contribution is 5.85. The summed E-state index contributed by atoms with van der Waals surface area (Å²) in [6, 6.07) is -0.137. The van der Waals surface area contributed by atoms with Crippen molar-refractivity contribution in [3.05, 3.63) is 18.1 Å². The van der Waals surface area contributed by atoms with E-state index in [0.717, 1.165) is 30.9 Å². The van der Waals surface area contributed by atoms with Crippen LogP contribution in [0.1, 0.15) is 18.5 Å². The molecular weight excluding hydrogens is 230 g/mol. The molecule has 1 aromatic heterocycles. The van der Waals surface area contributed by atoms with E-state index in [1.165, 1.54) is 0 Å². The first-order valence-electron chi connectivity index (χ1n) is 6.13. The van der Waals surface area contributed by atoms with Gasteiger partial charge in [-0.2, -0.15) is 0 Å². The van der Waals surface area contributed by atoms with E-state index in [-0.39, 0.29) is 11.9 Å². The molecule has 2 heterocycles. The number of hydrogen-bond acceptors (Lipinski definition) is 5. The summed E-state index contributed by atoms with van der Waals surface area (Å²) in [6.07, 6.45) is 5.12. The normalized spacial score (nSPS) is 19.1. The fourth-order valence-corrected chi connectivity index (χ4v) is 2.32. The van der Waals surface area contributed by atoms with Gasteiger partial charge in [0.2, 0.25) is 5.91 Å². The number of carbonyl (C=O) groups excluding carboxylic acids is 1. The Hall–Kier alpha value is -1.69. The minimum atomic E-state index is -0.137. The van der Waals surface area contributed by atoms with Crippen LogP contribution < -0.4 is 10.6 Å². The lowest BCUT2D eigenvalue weighted by Gasteiger charge is -2.27. The Bertz CT molecular complexity index is 434. The number of nitrogens with two attached hydrogens (primary N) is 1. The Balaban J connectivity index is 2.29. The Kier molecular flexibility index (Phi) is 3.76. The SMILES string of the molecule is CN(C)C(=O)C1CCCN1c1nccnc1CN. The minimum Gasteiger partial charge on any atom is -0.347 e. The maximum absolute atomic E-state index is 12.1. The molecule has 0 saturated carbocycles. The second-order valence-corrected chi connectivity index (χ2v) is 4.61. The van der Waals surface area contributed by atoms with Gasteiger partial charge in [0.25, 0.3) is 0 Å². The summed E-state index contributed by atoms with van der Waals surface area (Å²) < 4.78 is 0. The van der Waals surface area contributed by atoms with Crippen LogP contribution in [0.25, 0.3) is 0 Å². The third-order valence-electron chi connectivity index (χ3n) is 3.20. The van der Waals surface area contributed by atoms with Gasteiger partial charge in [0.05, 0.1) is 5.69 Å². The summed E-state index contributed by atoms with van der Waals surface area (Å²) in [4.78, 5) is 24.3. The molecule has 18 heavy (non-hydrogen) atoms. The third kappa shape index (κ3) is 2.28. The molecule has 2 N–H and O–H groups in total. The summed E-state index contributed by atoms with van der Waals surface area (Å²) in [5, 5.41) is 0. The van der Waals surface area contributed by atoms with Crippen LogP contribution in [-0.4, -0.2) is 47.5 Å². The largest absolute Gasteiger partial charge is 0.347 e. The van der Waals surface area contributed by atoms with E-state index in [2.05, 4.69) is 9.97 Å². The molecule has 2 rings (SSSR count). The van der Waals surface area contributed by atoms with Crippen molar-refractivity contribution < 1.29 is 4.79 Å². The Labute approximate surface area is 107 Å². The van der Waals surface area contributed by atoms with Crippen molar-refractivity contribution in [2.75, 3.05) is 25.5 Å². The van der Waals surface area contributed by atoms with Crippen LogP contribution in [0.3, 0.4) is 0 Å². The molecule has 98 valence electrons. The van der Waals surface area contributed by atoms with E-state index in [9.17, 15) is 4.79 Å². The summed E-state index contributed by atoms with van der Waals surface area (Å²) in [5.74, 6) is 0.860. The molecule has 0 spiro atoms. The van der Waals surface area contributed by atoms with Crippen LogP contribution in [0.4, 0.5) is 5.82 Å². The van der Waals surface area contributed by atoms with E-state index in [1.807, 2.05) is 4.90 Å². The van der Waals surface area contributed by atoms with Crippen LogP contribution in [0, 0.1) is 0 Å². The Morgan fingerprint density at radius 3 is 2.89 bits per heavy atom. The van der Waals surface area contributed by atoms with Gasteiger partial charge in [-0.15, -0.1) is 0 Å². The van der Waals surface area contributed by atoms with Crippen molar-refractivity contribution in [2.24, 2.45) is 5.73 Å².